The lowest BCUT2D eigenvalue weighted by Crippen LogP contribution is -2.40. The van der Waals surface area contributed by atoms with Gasteiger partial charge in [0.15, 0.2) is 0 Å². The zero-order chi connectivity index (χ0) is 16.4. The fourth-order valence-electron chi connectivity index (χ4n) is 3.09. The van der Waals surface area contributed by atoms with Crippen LogP contribution in [0.2, 0.25) is 0 Å². The van der Waals surface area contributed by atoms with Crippen molar-refractivity contribution in [3.8, 4) is 0 Å². The Balaban J connectivity index is 2.05. The van der Waals surface area contributed by atoms with Gasteiger partial charge in [-0.15, -0.1) is 0 Å². The Labute approximate surface area is 135 Å². The van der Waals surface area contributed by atoms with E-state index in [1.165, 1.54) is 4.90 Å². The average molecular weight is 309 g/mol. The first-order chi connectivity index (χ1) is 11.1. The van der Waals surface area contributed by atoms with Crippen LogP contribution in [0.4, 0.5) is 0 Å². The molecule has 3 rings (SSSR count). The maximum absolute atomic E-state index is 12.8. The van der Waals surface area contributed by atoms with Gasteiger partial charge in [0.1, 0.15) is 0 Å². The number of carbonyl (C=O) groups is 2. The molecule has 1 aliphatic heterocycles. The highest BCUT2D eigenvalue weighted by molar-refractivity contribution is 6.21. The molecule has 1 heterocycles. The quantitative estimate of drug-likeness (QED) is 0.795. The monoisotopic (exact) mass is 309 g/mol. The summed E-state index contributed by atoms with van der Waals surface area (Å²) < 4.78 is 5.72. The Bertz CT molecular complexity index is 691. The van der Waals surface area contributed by atoms with Crippen LogP contribution in [0, 0.1) is 0 Å². The van der Waals surface area contributed by atoms with Crippen LogP contribution in [0.25, 0.3) is 0 Å². The summed E-state index contributed by atoms with van der Waals surface area (Å²) in [4.78, 5) is 26.9. The molecule has 0 aromatic heterocycles. The number of carbonyl (C=O) groups excluding carboxylic acids is 2. The predicted molar refractivity (Wildman–Crippen MR) is 87.2 cm³/mol. The number of hydrogen-bond acceptors (Lipinski definition) is 3. The third kappa shape index (κ3) is 2.66. The molecule has 4 heteroatoms. The SMILES string of the molecule is CCOC(C)C(c1ccccc1)N1C(=O)c2ccccc2C1=O. The molecule has 2 atom stereocenters. The van der Waals surface area contributed by atoms with Gasteiger partial charge in [0.25, 0.3) is 11.8 Å². The number of hydrogen-bond donors (Lipinski definition) is 0. The predicted octanol–water partition coefficient (Wildman–Crippen LogP) is 3.45. The minimum atomic E-state index is -0.441. The molecule has 0 saturated heterocycles. The normalized spacial score (nSPS) is 16.3. The van der Waals surface area contributed by atoms with Crippen LogP contribution < -0.4 is 0 Å². The van der Waals surface area contributed by atoms with Crippen molar-refractivity contribution < 1.29 is 14.3 Å². The smallest absolute Gasteiger partial charge is 0.262 e. The average Bonchev–Trinajstić information content (AvgIpc) is 2.82. The molecule has 0 saturated carbocycles. The van der Waals surface area contributed by atoms with Crippen LogP contribution in [-0.4, -0.2) is 29.4 Å². The molecule has 0 spiro atoms. The van der Waals surface area contributed by atoms with Crippen molar-refractivity contribution >= 4 is 11.8 Å². The van der Waals surface area contributed by atoms with Crippen molar-refractivity contribution in [3.05, 3.63) is 71.3 Å². The molecule has 2 aromatic carbocycles. The Morgan fingerprint density at radius 3 is 1.96 bits per heavy atom. The van der Waals surface area contributed by atoms with Gasteiger partial charge in [0.2, 0.25) is 0 Å². The van der Waals surface area contributed by atoms with Gasteiger partial charge in [-0.1, -0.05) is 42.5 Å². The van der Waals surface area contributed by atoms with E-state index in [2.05, 4.69) is 0 Å². The third-order valence-corrected chi connectivity index (χ3v) is 4.12. The molecule has 118 valence electrons. The second-order valence-electron chi connectivity index (χ2n) is 5.54. The zero-order valence-corrected chi connectivity index (χ0v) is 13.2. The lowest BCUT2D eigenvalue weighted by molar-refractivity contribution is 0.00686. The largest absolute Gasteiger partial charge is 0.376 e. The van der Waals surface area contributed by atoms with Gasteiger partial charge in [0, 0.05) is 6.61 Å². The van der Waals surface area contributed by atoms with Crippen LogP contribution in [0.15, 0.2) is 54.6 Å². The van der Waals surface area contributed by atoms with E-state index < -0.39 is 6.04 Å². The summed E-state index contributed by atoms with van der Waals surface area (Å²) in [5, 5.41) is 0. The van der Waals surface area contributed by atoms with Gasteiger partial charge in [-0.05, 0) is 31.5 Å². The van der Waals surface area contributed by atoms with E-state index in [1.807, 2.05) is 44.2 Å². The summed E-state index contributed by atoms with van der Waals surface area (Å²) in [6.45, 7) is 4.32. The van der Waals surface area contributed by atoms with Crippen molar-refractivity contribution in [1.82, 2.24) is 4.90 Å². The lowest BCUT2D eigenvalue weighted by Gasteiger charge is -2.31. The minimum absolute atomic E-state index is 0.258. The Morgan fingerprint density at radius 1 is 0.913 bits per heavy atom. The summed E-state index contributed by atoms with van der Waals surface area (Å²) in [5.41, 5.74) is 1.81. The second kappa shape index (κ2) is 6.34. The molecular weight excluding hydrogens is 290 g/mol. The first-order valence-electron chi connectivity index (χ1n) is 7.78. The number of amides is 2. The summed E-state index contributed by atoms with van der Waals surface area (Å²) >= 11 is 0. The van der Waals surface area contributed by atoms with Crippen molar-refractivity contribution in [3.63, 3.8) is 0 Å². The molecule has 4 nitrogen and oxygen atoms in total. The molecule has 0 bridgehead atoms. The number of rotatable bonds is 5. The van der Waals surface area contributed by atoms with Gasteiger partial charge in [-0.25, -0.2) is 0 Å². The van der Waals surface area contributed by atoms with Crippen LogP contribution in [-0.2, 0) is 4.74 Å². The number of imide groups is 1. The fraction of sp³-hybridized carbons (Fsp3) is 0.263. The van der Waals surface area contributed by atoms with Crippen molar-refractivity contribution in [2.24, 2.45) is 0 Å². The van der Waals surface area contributed by atoms with Crippen LogP contribution in [0.5, 0.6) is 0 Å². The van der Waals surface area contributed by atoms with E-state index in [1.54, 1.807) is 24.3 Å². The number of ether oxygens (including phenoxy) is 1. The van der Waals surface area contributed by atoms with E-state index in [0.717, 1.165) is 5.56 Å². The van der Waals surface area contributed by atoms with Crippen LogP contribution >= 0.6 is 0 Å². The molecule has 0 fully saturated rings. The summed E-state index contributed by atoms with van der Waals surface area (Å²) in [7, 11) is 0. The molecule has 23 heavy (non-hydrogen) atoms. The second-order valence-corrected chi connectivity index (χ2v) is 5.54. The van der Waals surface area contributed by atoms with Crippen molar-refractivity contribution in [1.29, 1.82) is 0 Å². The minimum Gasteiger partial charge on any atom is -0.376 e. The van der Waals surface area contributed by atoms with E-state index in [9.17, 15) is 9.59 Å². The maximum atomic E-state index is 12.8. The first-order valence-corrected chi connectivity index (χ1v) is 7.78. The molecule has 0 radical (unpaired) electrons. The van der Waals surface area contributed by atoms with Crippen LogP contribution in [0.3, 0.4) is 0 Å². The Hall–Kier alpha value is -2.46. The van der Waals surface area contributed by atoms with Gasteiger partial charge in [-0.2, -0.15) is 0 Å². The highest BCUT2D eigenvalue weighted by Gasteiger charge is 2.42. The molecular formula is C19H19NO3. The Kier molecular flexibility index (Phi) is 4.26. The van der Waals surface area contributed by atoms with E-state index in [-0.39, 0.29) is 17.9 Å². The van der Waals surface area contributed by atoms with Crippen molar-refractivity contribution in [2.45, 2.75) is 26.0 Å². The van der Waals surface area contributed by atoms with Gasteiger partial charge in [0.05, 0.1) is 23.3 Å². The zero-order valence-electron chi connectivity index (χ0n) is 13.2. The summed E-state index contributed by atoms with van der Waals surface area (Å²) in [6.07, 6.45) is -0.287. The first kappa shape index (κ1) is 15.4. The third-order valence-electron chi connectivity index (χ3n) is 4.12. The standard InChI is InChI=1S/C19H19NO3/c1-3-23-13(2)17(14-9-5-4-6-10-14)20-18(21)15-11-7-8-12-16(15)19(20)22/h4-13,17H,3H2,1-2H3. The highest BCUT2D eigenvalue weighted by Crippen LogP contribution is 2.34. The number of nitrogens with zero attached hydrogens (tertiary/aromatic N) is 1. The number of benzene rings is 2. The Morgan fingerprint density at radius 2 is 1.43 bits per heavy atom. The molecule has 2 unspecified atom stereocenters. The topological polar surface area (TPSA) is 46.6 Å². The molecule has 2 amide bonds. The van der Waals surface area contributed by atoms with E-state index in [4.69, 9.17) is 4.74 Å². The van der Waals surface area contributed by atoms with Crippen LogP contribution in [0.1, 0.15) is 46.2 Å². The highest BCUT2D eigenvalue weighted by atomic mass is 16.5. The van der Waals surface area contributed by atoms with Gasteiger partial charge < -0.3 is 4.74 Å². The van der Waals surface area contributed by atoms with E-state index in [0.29, 0.717) is 17.7 Å². The van der Waals surface area contributed by atoms with E-state index >= 15 is 0 Å². The lowest BCUT2D eigenvalue weighted by atomic mass is 10.0. The number of fused-ring (bicyclic) bond motifs is 1. The maximum Gasteiger partial charge on any atom is 0.262 e. The molecule has 0 N–H and O–H groups in total. The molecule has 2 aromatic rings. The summed E-state index contributed by atoms with van der Waals surface area (Å²) in [5.74, 6) is -0.517. The van der Waals surface area contributed by atoms with Gasteiger partial charge in [-0.3, -0.25) is 14.5 Å². The van der Waals surface area contributed by atoms with Gasteiger partial charge >= 0.3 is 0 Å². The fourth-order valence-corrected chi connectivity index (χ4v) is 3.09. The summed E-state index contributed by atoms with van der Waals surface area (Å²) in [6, 6.07) is 16.1. The van der Waals surface area contributed by atoms with Crippen molar-refractivity contribution in [2.75, 3.05) is 6.61 Å². The molecule has 1 aliphatic rings. The molecule has 0 aliphatic carbocycles.